The topological polar surface area (TPSA) is 86.4 Å². The first-order chi connectivity index (χ1) is 14.0. The number of pyridine rings is 1. The number of aromatic nitrogens is 3. The van der Waals surface area contributed by atoms with Gasteiger partial charge in [-0.15, -0.1) is 0 Å². The summed E-state index contributed by atoms with van der Waals surface area (Å²) in [7, 11) is 3.73. The van der Waals surface area contributed by atoms with E-state index >= 15 is 0 Å². The number of methoxy groups -OCH3 is 1. The third kappa shape index (κ3) is 4.14. The van der Waals surface area contributed by atoms with E-state index in [-0.39, 0.29) is 5.82 Å². The van der Waals surface area contributed by atoms with Crippen molar-refractivity contribution in [2.45, 2.75) is 26.5 Å². The molecule has 1 aliphatic heterocycles. The van der Waals surface area contributed by atoms with Crippen molar-refractivity contribution < 1.29 is 9.47 Å². The Bertz CT molecular complexity index is 1040. The second kappa shape index (κ2) is 8.05. The standard InChI is InChI=1S/C22H25N5O2/c1-14-8-16(10-17-12-27(2)7-5-18(14)17)19-11-25-21(23)22(26-19)29-13-15-4-6-24-20(9-15)28-3/h4,6,8-11H,5,7,12-13H2,1-3H3,(H2,23,25). The molecule has 0 aliphatic carbocycles. The summed E-state index contributed by atoms with van der Waals surface area (Å²) in [5.74, 6) is 1.13. The van der Waals surface area contributed by atoms with E-state index in [2.05, 4.69) is 46.0 Å². The van der Waals surface area contributed by atoms with E-state index in [1.165, 1.54) is 16.7 Å². The third-order valence-electron chi connectivity index (χ3n) is 5.20. The molecule has 7 heteroatoms. The first-order valence-electron chi connectivity index (χ1n) is 9.59. The van der Waals surface area contributed by atoms with E-state index in [9.17, 15) is 0 Å². The highest BCUT2D eigenvalue weighted by atomic mass is 16.5. The molecular formula is C22H25N5O2. The molecule has 150 valence electrons. The lowest BCUT2D eigenvalue weighted by atomic mass is 9.92. The minimum Gasteiger partial charge on any atom is -0.481 e. The van der Waals surface area contributed by atoms with E-state index in [0.29, 0.717) is 18.4 Å². The van der Waals surface area contributed by atoms with Gasteiger partial charge in [0.2, 0.25) is 5.88 Å². The largest absolute Gasteiger partial charge is 0.481 e. The third-order valence-corrected chi connectivity index (χ3v) is 5.20. The lowest BCUT2D eigenvalue weighted by Gasteiger charge is -2.27. The summed E-state index contributed by atoms with van der Waals surface area (Å²) >= 11 is 0. The Morgan fingerprint density at radius 2 is 2.07 bits per heavy atom. The van der Waals surface area contributed by atoms with Gasteiger partial charge in [0.15, 0.2) is 5.82 Å². The lowest BCUT2D eigenvalue weighted by molar-refractivity contribution is 0.293. The fourth-order valence-electron chi connectivity index (χ4n) is 3.64. The first kappa shape index (κ1) is 19.1. The maximum absolute atomic E-state index is 6.00. The number of anilines is 1. The van der Waals surface area contributed by atoms with E-state index < -0.39 is 0 Å². The fraction of sp³-hybridized carbons (Fsp3) is 0.318. The van der Waals surface area contributed by atoms with Crippen molar-refractivity contribution in [2.24, 2.45) is 0 Å². The molecule has 2 N–H and O–H groups in total. The summed E-state index contributed by atoms with van der Waals surface area (Å²) in [6.07, 6.45) is 4.45. The summed E-state index contributed by atoms with van der Waals surface area (Å²) in [5, 5.41) is 0. The Balaban J connectivity index is 1.60. The van der Waals surface area contributed by atoms with Gasteiger partial charge in [-0.25, -0.2) is 15.0 Å². The zero-order valence-corrected chi connectivity index (χ0v) is 17.0. The van der Waals surface area contributed by atoms with Crippen molar-refractivity contribution in [3.05, 3.63) is 58.9 Å². The van der Waals surface area contributed by atoms with Crippen LogP contribution in [0.2, 0.25) is 0 Å². The van der Waals surface area contributed by atoms with Crippen LogP contribution in [0, 0.1) is 6.92 Å². The predicted octanol–water partition coefficient (Wildman–Crippen LogP) is 3.00. The Hall–Kier alpha value is -3.19. The zero-order chi connectivity index (χ0) is 20.4. The fourth-order valence-corrected chi connectivity index (χ4v) is 3.64. The smallest absolute Gasteiger partial charge is 0.258 e. The van der Waals surface area contributed by atoms with Gasteiger partial charge in [-0.05, 0) is 60.8 Å². The second-order valence-electron chi connectivity index (χ2n) is 7.36. The van der Waals surface area contributed by atoms with Crippen LogP contribution in [0.5, 0.6) is 11.8 Å². The lowest BCUT2D eigenvalue weighted by Crippen LogP contribution is -2.27. The van der Waals surface area contributed by atoms with Gasteiger partial charge in [-0.1, -0.05) is 0 Å². The molecule has 29 heavy (non-hydrogen) atoms. The summed E-state index contributed by atoms with van der Waals surface area (Å²) in [6.45, 7) is 4.49. The molecule has 0 amide bonds. The molecule has 0 saturated heterocycles. The SMILES string of the molecule is COc1cc(COc2nc(-c3cc(C)c4c(c3)CN(C)CC4)cnc2N)ccn1. The molecule has 0 spiro atoms. The van der Waals surface area contributed by atoms with Gasteiger partial charge in [-0.3, -0.25) is 0 Å². The number of hydrogen-bond donors (Lipinski definition) is 1. The molecule has 0 atom stereocenters. The maximum Gasteiger partial charge on any atom is 0.258 e. The molecule has 3 heterocycles. The van der Waals surface area contributed by atoms with E-state index in [1.54, 1.807) is 19.5 Å². The average Bonchev–Trinajstić information content (AvgIpc) is 2.73. The predicted molar refractivity (Wildman–Crippen MR) is 112 cm³/mol. The molecule has 3 aromatic rings. The summed E-state index contributed by atoms with van der Waals surface area (Å²) in [6, 6.07) is 8.05. The van der Waals surface area contributed by atoms with E-state index in [0.717, 1.165) is 36.3 Å². The number of hydrogen-bond acceptors (Lipinski definition) is 7. The van der Waals surface area contributed by atoms with Crippen LogP contribution in [0.25, 0.3) is 11.3 Å². The Morgan fingerprint density at radius 3 is 2.90 bits per heavy atom. The van der Waals surface area contributed by atoms with Crippen molar-refractivity contribution in [3.63, 3.8) is 0 Å². The van der Waals surface area contributed by atoms with Gasteiger partial charge in [-0.2, -0.15) is 0 Å². The maximum atomic E-state index is 6.00. The first-order valence-corrected chi connectivity index (χ1v) is 9.59. The van der Waals surface area contributed by atoms with Gasteiger partial charge in [0.25, 0.3) is 5.88 Å². The zero-order valence-electron chi connectivity index (χ0n) is 17.0. The molecule has 7 nitrogen and oxygen atoms in total. The Kier molecular flexibility index (Phi) is 5.31. The molecule has 0 saturated carbocycles. The van der Waals surface area contributed by atoms with Crippen LogP contribution in [-0.2, 0) is 19.6 Å². The van der Waals surface area contributed by atoms with E-state index in [1.807, 2.05) is 12.1 Å². The van der Waals surface area contributed by atoms with Crippen LogP contribution in [0.1, 0.15) is 22.3 Å². The summed E-state index contributed by atoms with van der Waals surface area (Å²) in [5.41, 5.74) is 12.8. The monoisotopic (exact) mass is 391 g/mol. The quantitative estimate of drug-likeness (QED) is 0.715. The minimum absolute atomic E-state index is 0.268. The number of fused-ring (bicyclic) bond motifs is 1. The number of benzene rings is 1. The van der Waals surface area contributed by atoms with Crippen molar-refractivity contribution in [3.8, 4) is 23.0 Å². The van der Waals surface area contributed by atoms with Gasteiger partial charge < -0.3 is 20.1 Å². The molecule has 1 aromatic carbocycles. The molecule has 1 aliphatic rings. The average molecular weight is 391 g/mol. The number of aryl methyl sites for hydroxylation is 1. The number of nitrogen functional groups attached to an aromatic ring is 1. The Labute approximate surface area is 170 Å². The van der Waals surface area contributed by atoms with Gasteiger partial charge in [0, 0.05) is 30.9 Å². The molecule has 0 fully saturated rings. The number of rotatable bonds is 5. The minimum atomic E-state index is 0.268. The highest BCUT2D eigenvalue weighted by molar-refractivity contribution is 5.64. The van der Waals surface area contributed by atoms with Crippen LogP contribution >= 0.6 is 0 Å². The van der Waals surface area contributed by atoms with Crippen molar-refractivity contribution in [1.29, 1.82) is 0 Å². The van der Waals surface area contributed by atoms with Crippen LogP contribution < -0.4 is 15.2 Å². The molecular weight excluding hydrogens is 366 g/mol. The molecule has 0 bridgehead atoms. The summed E-state index contributed by atoms with van der Waals surface area (Å²) < 4.78 is 11.0. The highest BCUT2D eigenvalue weighted by Crippen LogP contribution is 2.30. The highest BCUT2D eigenvalue weighted by Gasteiger charge is 2.17. The number of ether oxygens (including phenoxy) is 2. The van der Waals surface area contributed by atoms with Crippen LogP contribution in [0.15, 0.2) is 36.7 Å². The van der Waals surface area contributed by atoms with Crippen molar-refractivity contribution in [2.75, 3.05) is 26.4 Å². The normalized spacial score (nSPS) is 13.8. The van der Waals surface area contributed by atoms with E-state index in [4.69, 9.17) is 15.2 Å². The summed E-state index contributed by atoms with van der Waals surface area (Å²) in [4.78, 5) is 15.4. The Morgan fingerprint density at radius 1 is 1.21 bits per heavy atom. The molecule has 0 unspecified atom stereocenters. The van der Waals surface area contributed by atoms with Gasteiger partial charge >= 0.3 is 0 Å². The van der Waals surface area contributed by atoms with Gasteiger partial charge in [0.1, 0.15) is 6.61 Å². The van der Waals surface area contributed by atoms with Crippen molar-refractivity contribution >= 4 is 5.82 Å². The number of nitrogens with two attached hydrogens (primary N) is 1. The van der Waals surface area contributed by atoms with Crippen LogP contribution in [-0.4, -0.2) is 40.6 Å². The number of nitrogens with zero attached hydrogens (tertiary/aromatic N) is 4. The van der Waals surface area contributed by atoms with Crippen LogP contribution in [0.4, 0.5) is 5.82 Å². The van der Waals surface area contributed by atoms with Crippen molar-refractivity contribution in [1.82, 2.24) is 19.9 Å². The second-order valence-corrected chi connectivity index (χ2v) is 7.36. The molecule has 0 radical (unpaired) electrons. The van der Waals surface area contributed by atoms with Gasteiger partial charge in [0.05, 0.1) is 19.0 Å². The molecule has 4 rings (SSSR count). The molecule has 2 aromatic heterocycles. The number of likely N-dealkylation sites (N-methyl/N-ethyl adjacent to an activating group) is 1. The van der Waals surface area contributed by atoms with Crippen LogP contribution in [0.3, 0.4) is 0 Å².